The van der Waals surface area contributed by atoms with Crippen molar-refractivity contribution in [3.8, 4) is 0 Å². The van der Waals surface area contributed by atoms with E-state index in [1.165, 1.54) is 6.21 Å². The van der Waals surface area contributed by atoms with Crippen LogP contribution in [0.1, 0.15) is 12.5 Å². The Hall–Kier alpha value is -1.86. The zero-order chi connectivity index (χ0) is 17.5. The Labute approximate surface area is 159 Å². The second kappa shape index (κ2) is 8.84. The molecule has 0 amide bonds. The van der Waals surface area contributed by atoms with Gasteiger partial charge in [0, 0.05) is 15.3 Å². The molecule has 0 saturated heterocycles. The summed E-state index contributed by atoms with van der Waals surface area (Å²) in [7, 11) is 0. The minimum Gasteiger partial charge on any atom is -0.506 e. The van der Waals surface area contributed by atoms with Gasteiger partial charge in [0.15, 0.2) is 0 Å². The van der Waals surface area contributed by atoms with Gasteiger partial charge in [0.25, 0.3) is 0 Å². The molecule has 24 heavy (non-hydrogen) atoms. The van der Waals surface area contributed by atoms with Crippen LogP contribution in [0.15, 0.2) is 59.1 Å². The second-order valence-corrected chi connectivity index (χ2v) is 6.35. The molecule has 0 radical (unpaired) electrons. The van der Waals surface area contributed by atoms with Crippen molar-refractivity contribution in [2.75, 3.05) is 6.61 Å². The Balaban J connectivity index is 2.44. The van der Waals surface area contributed by atoms with E-state index in [0.717, 1.165) is 3.57 Å². The standard InChI is InChI=1S/C18H15ClINO3/c1-2-24-18(23)15(11-21-13-9-7-12(20)8-10-13)17(22)14-5-3-4-6-16(14)19/h3-11,22H,2H2,1H3. The maximum absolute atomic E-state index is 12.2. The molecule has 1 N–H and O–H groups in total. The third-order valence-electron chi connectivity index (χ3n) is 3.05. The van der Waals surface area contributed by atoms with Crippen molar-refractivity contribution in [2.45, 2.75) is 6.92 Å². The van der Waals surface area contributed by atoms with E-state index in [9.17, 15) is 9.90 Å². The first-order valence-electron chi connectivity index (χ1n) is 7.17. The third kappa shape index (κ3) is 4.82. The quantitative estimate of drug-likeness (QED) is 0.222. The summed E-state index contributed by atoms with van der Waals surface area (Å²) >= 11 is 8.28. The molecule has 0 aliphatic rings. The van der Waals surface area contributed by atoms with Crippen molar-refractivity contribution in [3.63, 3.8) is 0 Å². The van der Waals surface area contributed by atoms with Crippen molar-refractivity contribution in [2.24, 2.45) is 4.99 Å². The summed E-state index contributed by atoms with van der Waals surface area (Å²) in [4.78, 5) is 16.4. The fourth-order valence-corrected chi connectivity index (χ4v) is 2.47. The molecule has 0 heterocycles. The van der Waals surface area contributed by atoms with Crippen molar-refractivity contribution in [3.05, 3.63) is 68.3 Å². The van der Waals surface area contributed by atoms with Gasteiger partial charge in [-0.05, 0) is 65.9 Å². The summed E-state index contributed by atoms with van der Waals surface area (Å²) in [5.74, 6) is -0.933. The number of benzene rings is 2. The fraction of sp³-hybridized carbons (Fsp3) is 0.111. The molecule has 2 rings (SSSR count). The Bertz CT molecular complexity index is 785. The highest BCUT2D eigenvalue weighted by atomic mass is 127. The number of carbonyl (C=O) groups is 1. The minimum absolute atomic E-state index is 0.0523. The van der Waals surface area contributed by atoms with Crippen LogP contribution in [0, 0.1) is 3.57 Å². The number of hydrogen-bond acceptors (Lipinski definition) is 4. The number of carbonyl (C=O) groups excluding carboxylic acids is 1. The van der Waals surface area contributed by atoms with Gasteiger partial charge in [0.2, 0.25) is 0 Å². The van der Waals surface area contributed by atoms with Gasteiger partial charge in [0.1, 0.15) is 11.3 Å². The molecule has 6 heteroatoms. The molecule has 2 aromatic rings. The van der Waals surface area contributed by atoms with Crippen LogP contribution in [-0.2, 0) is 9.53 Å². The molecule has 0 atom stereocenters. The van der Waals surface area contributed by atoms with Crippen LogP contribution < -0.4 is 0 Å². The van der Waals surface area contributed by atoms with E-state index in [-0.39, 0.29) is 17.9 Å². The van der Waals surface area contributed by atoms with E-state index < -0.39 is 5.97 Å². The second-order valence-electron chi connectivity index (χ2n) is 4.70. The Morgan fingerprint density at radius 2 is 1.92 bits per heavy atom. The van der Waals surface area contributed by atoms with Crippen molar-refractivity contribution in [1.82, 2.24) is 0 Å². The number of nitrogens with zero attached hydrogens (tertiary/aromatic N) is 1. The monoisotopic (exact) mass is 455 g/mol. The van der Waals surface area contributed by atoms with E-state index in [2.05, 4.69) is 27.6 Å². The molecule has 0 fully saturated rings. The van der Waals surface area contributed by atoms with Crippen LogP contribution in [-0.4, -0.2) is 23.9 Å². The largest absolute Gasteiger partial charge is 0.506 e. The molecular weight excluding hydrogens is 441 g/mol. The van der Waals surface area contributed by atoms with E-state index in [4.69, 9.17) is 16.3 Å². The summed E-state index contributed by atoms with van der Waals surface area (Å²) in [5, 5.41) is 10.8. The van der Waals surface area contributed by atoms with E-state index in [1.807, 2.05) is 24.3 Å². The fourth-order valence-electron chi connectivity index (χ4n) is 1.88. The summed E-state index contributed by atoms with van der Waals surface area (Å²) in [6.07, 6.45) is 1.29. The number of esters is 1. The third-order valence-corrected chi connectivity index (χ3v) is 4.10. The lowest BCUT2D eigenvalue weighted by molar-refractivity contribution is -0.137. The van der Waals surface area contributed by atoms with Crippen LogP contribution in [0.3, 0.4) is 0 Å². The SMILES string of the molecule is CCOC(=O)C(C=Nc1ccc(I)cc1)=C(O)c1ccccc1Cl. The highest BCUT2D eigenvalue weighted by Gasteiger charge is 2.17. The predicted octanol–water partition coefficient (Wildman–Crippen LogP) is 5.18. The molecule has 4 nitrogen and oxygen atoms in total. The summed E-state index contributed by atoms with van der Waals surface area (Å²) in [6.45, 7) is 1.88. The first-order valence-corrected chi connectivity index (χ1v) is 8.63. The summed E-state index contributed by atoms with van der Waals surface area (Å²) in [5.41, 5.74) is 0.948. The molecule has 0 saturated carbocycles. The van der Waals surface area contributed by atoms with Crippen LogP contribution in [0.5, 0.6) is 0 Å². The maximum atomic E-state index is 12.2. The van der Waals surface area contributed by atoms with Crippen molar-refractivity contribution >= 4 is 57.8 Å². The lowest BCUT2D eigenvalue weighted by Gasteiger charge is -2.08. The van der Waals surface area contributed by atoms with E-state index in [0.29, 0.717) is 16.3 Å². The number of hydrogen-bond donors (Lipinski definition) is 1. The normalized spacial score (nSPS) is 12.1. The lowest BCUT2D eigenvalue weighted by Crippen LogP contribution is -2.11. The van der Waals surface area contributed by atoms with Gasteiger partial charge in [-0.25, -0.2) is 4.79 Å². The first-order chi connectivity index (χ1) is 11.5. The lowest BCUT2D eigenvalue weighted by atomic mass is 10.1. The summed E-state index contributed by atoms with van der Waals surface area (Å²) < 4.78 is 6.08. The zero-order valence-corrected chi connectivity index (χ0v) is 15.8. The highest BCUT2D eigenvalue weighted by Crippen LogP contribution is 2.25. The average molecular weight is 456 g/mol. The van der Waals surface area contributed by atoms with Gasteiger partial charge in [-0.15, -0.1) is 0 Å². The van der Waals surface area contributed by atoms with Gasteiger partial charge in [0.05, 0.1) is 17.3 Å². The van der Waals surface area contributed by atoms with Crippen molar-refractivity contribution in [1.29, 1.82) is 0 Å². The Morgan fingerprint density at radius 3 is 2.54 bits per heavy atom. The number of rotatable bonds is 5. The van der Waals surface area contributed by atoms with Crippen LogP contribution >= 0.6 is 34.2 Å². The number of ether oxygens (including phenoxy) is 1. The Morgan fingerprint density at radius 1 is 1.25 bits per heavy atom. The molecule has 0 aromatic heterocycles. The highest BCUT2D eigenvalue weighted by molar-refractivity contribution is 14.1. The Kier molecular flexibility index (Phi) is 6.81. The topological polar surface area (TPSA) is 58.9 Å². The number of halogens is 2. The van der Waals surface area contributed by atoms with Crippen LogP contribution in [0.4, 0.5) is 5.69 Å². The zero-order valence-electron chi connectivity index (χ0n) is 12.9. The van der Waals surface area contributed by atoms with Crippen molar-refractivity contribution < 1.29 is 14.6 Å². The van der Waals surface area contributed by atoms with Crippen LogP contribution in [0.2, 0.25) is 5.02 Å². The minimum atomic E-state index is -0.663. The summed E-state index contributed by atoms with van der Waals surface area (Å²) in [6, 6.07) is 14.1. The molecule has 0 unspecified atom stereocenters. The van der Waals surface area contributed by atoms with Gasteiger partial charge in [-0.3, -0.25) is 4.99 Å². The molecule has 0 bridgehead atoms. The van der Waals surface area contributed by atoms with Gasteiger partial charge < -0.3 is 9.84 Å². The molecule has 0 aliphatic heterocycles. The van der Waals surface area contributed by atoms with Gasteiger partial charge in [-0.2, -0.15) is 0 Å². The molecular formula is C18H15ClINO3. The smallest absolute Gasteiger partial charge is 0.343 e. The number of aliphatic hydroxyl groups excluding tert-OH is 1. The molecule has 2 aromatic carbocycles. The van der Waals surface area contributed by atoms with E-state index in [1.54, 1.807) is 31.2 Å². The number of aliphatic imine (C=N–C) groups is 1. The van der Waals surface area contributed by atoms with E-state index >= 15 is 0 Å². The average Bonchev–Trinajstić information content (AvgIpc) is 2.57. The van der Waals surface area contributed by atoms with Gasteiger partial charge in [-0.1, -0.05) is 23.7 Å². The molecule has 0 spiro atoms. The first kappa shape index (κ1) is 18.5. The number of aliphatic hydroxyl groups is 1. The predicted molar refractivity (Wildman–Crippen MR) is 105 cm³/mol. The molecule has 124 valence electrons. The van der Waals surface area contributed by atoms with Crippen LogP contribution in [0.25, 0.3) is 5.76 Å². The maximum Gasteiger partial charge on any atom is 0.343 e. The van der Waals surface area contributed by atoms with Gasteiger partial charge >= 0.3 is 5.97 Å². The molecule has 0 aliphatic carbocycles.